The highest BCUT2D eigenvalue weighted by atomic mass is 35.5. The maximum Gasteiger partial charge on any atom is 0.317 e. The number of amides is 2. The lowest BCUT2D eigenvalue weighted by Crippen LogP contribution is -2.44. The number of imidazole rings is 1. The highest BCUT2D eigenvalue weighted by molar-refractivity contribution is 6.30. The highest BCUT2D eigenvalue weighted by Crippen LogP contribution is 2.23. The van der Waals surface area contributed by atoms with Crippen LogP contribution in [0.1, 0.15) is 18.4 Å². The fourth-order valence-electron chi connectivity index (χ4n) is 3.79. The lowest BCUT2D eigenvalue weighted by Gasteiger charge is -2.32. The van der Waals surface area contributed by atoms with Crippen LogP contribution < -0.4 is 5.32 Å². The second-order valence-corrected chi connectivity index (χ2v) is 7.92. The molecule has 3 aromatic rings. The lowest BCUT2D eigenvalue weighted by atomic mass is 9.97. The van der Waals surface area contributed by atoms with Gasteiger partial charge in [-0.2, -0.15) is 0 Å². The predicted molar refractivity (Wildman–Crippen MR) is 116 cm³/mol. The zero-order chi connectivity index (χ0) is 20.1. The molecule has 4 rings (SSSR count). The minimum Gasteiger partial charge on any atom is -0.334 e. The van der Waals surface area contributed by atoms with Crippen molar-refractivity contribution >= 4 is 17.6 Å². The number of rotatable bonds is 5. The molecule has 1 fully saturated rings. The molecule has 2 amide bonds. The number of hydrogen-bond donors (Lipinski definition) is 1. The standard InChI is InChI=1S/C23H25ClN4O/c24-21-8-6-18(7-9-21)16-26-23(29)27-13-10-19(11-14-27)17-28-15-12-25-22(28)20-4-2-1-3-5-20/h1-9,12,15,19H,10-11,13-14,16-17H2,(H,26,29). The van der Waals surface area contributed by atoms with Crippen molar-refractivity contribution in [1.29, 1.82) is 0 Å². The number of carbonyl (C=O) groups excluding carboxylic acids is 1. The molecule has 29 heavy (non-hydrogen) atoms. The Labute approximate surface area is 176 Å². The Morgan fingerprint density at radius 3 is 2.52 bits per heavy atom. The number of piperidine rings is 1. The number of aromatic nitrogens is 2. The van der Waals surface area contributed by atoms with Gasteiger partial charge in [-0.15, -0.1) is 0 Å². The SMILES string of the molecule is O=C(NCc1ccc(Cl)cc1)N1CCC(Cn2ccnc2-c2ccccc2)CC1. The fraction of sp³-hybridized carbons (Fsp3) is 0.304. The van der Waals surface area contributed by atoms with Crippen LogP contribution in [0.25, 0.3) is 11.4 Å². The Morgan fingerprint density at radius 1 is 1.07 bits per heavy atom. The van der Waals surface area contributed by atoms with Gasteiger partial charge >= 0.3 is 6.03 Å². The van der Waals surface area contributed by atoms with Crippen LogP contribution in [0.15, 0.2) is 67.0 Å². The van der Waals surface area contributed by atoms with Crippen molar-refractivity contribution in [3.63, 3.8) is 0 Å². The van der Waals surface area contributed by atoms with Crippen molar-refractivity contribution in [3.8, 4) is 11.4 Å². The van der Waals surface area contributed by atoms with Crippen molar-refractivity contribution in [2.75, 3.05) is 13.1 Å². The van der Waals surface area contributed by atoms with E-state index in [0.29, 0.717) is 17.5 Å². The minimum atomic E-state index is 0.00556. The molecule has 2 aromatic carbocycles. The van der Waals surface area contributed by atoms with E-state index in [0.717, 1.165) is 49.4 Å². The Balaban J connectivity index is 1.27. The number of urea groups is 1. The van der Waals surface area contributed by atoms with Gasteiger partial charge in [-0.1, -0.05) is 54.1 Å². The van der Waals surface area contributed by atoms with Crippen LogP contribution in [-0.4, -0.2) is 33.6 Å². The molecule has 0 saturated carbocycles. The van der Waals surface area contributed by atoms with Crippen molar-refractivity contribution in [1.82, 2.24) is 19.8 Å². The molecule has 0 radical (unpaired) electrons. The first-order valence-corrected chi connectivity index (χ1v) is 10.4. The van der Waals surface area contributed by atoms with Gasteiger partial charge in [0.1, 0.15) is 5.82 Å². The van der Waals surface area contributed by atoms with E-state index >= 15 is 0 Å². The molecule has 1 saturated heterocycles. The fourth-order valence-corrected chi connectivity index (χ4v) is 3.92. The number of halogens is 1. The predicted octanol–water partition coefficient (Wildman–Crippen LogP) is 4.83. The zero-order valence-electron chi connectivity index (χ0n) is 16.3. The van der Waals surface area contributed by atoms with Gasteiger partial charge in [0, 0.05) is 49.2 Å². The summed E-state index contributed by atoms with van der Waals surface area (Å²) in [5, 5.41) is 3.71. The summed E-state index contributed by atoms with van der Waals surface area (Å²) in [5.41, 5.74) is 2.18. The highest BCUT2D eigenvalue weighted by Gasteiger charge is 2.23. The first kappa shape index (κ1) is 19.5. The largest absolute Gasteiger partial charge is 0.334 e. The molecule has 0 aliphatic carbocycles. The normalized spacial score (nSPS) is 14.7. The average molecular weight is 409 g/mol. The van der Waals surface area contributed by atoms with E-state index in [4.69, 9.17) is 11.6 Å². The summed E-state index contributed by atoms with van der Waals surface area (Å²) >= 11 is 5.90. The van der Waals surface area contributed by atoms with E-state index < -0.39 is 0 Å². The van der Waals surface area contributed by atoms with Crippen molar-refractivity contribution in [2.45, 2.75) is 25.9 Å². The van der Waals surface area contributed by atoms with Gasteiger partial charge in [0.2, 0.25) is 0 Å². The molecule has 150 valence electrons. The molecule has 1 N–H and O–H groups in total. The Kier molecular flexibility index (Phi) is 6.15. The molecule has 1 aromatic heterocycles. The molecule has 6 heteroatoms. The molecular weight excluding hydrogens is 384 g/mol. The third-order valence-corrected chi connectivity index (χ3v) is 5.71. The number of benzene rings is 2. The summed E-state index contributed by atoms with van der Waals surface area (Å²) in [7, 11) is 0. The van der Waals surface area contributed by atoms with E-state index in [1.807, 2.05) is 59.8 Å². The molecular formula is C23H25ClN4O. The molecule has 0 atom stereocenters. The van der Waals surface area contributed by atoms with E-state index in [1.165, 1.54) is 0 Å². The maximum atomic E-state index is 12.5. The molecule has 0 spiro atoms. The minimum absolute atomic E-state index is 0.00556. The zero-order valence-corrected chi connectivity index (χ0v) is 17.1. The Morgan fingerprint density at radius 2 is 1.79 bits per heavy atom. The number of hydrogen-bond acceptors (Lipinski definition) is 2. The van der Waals surface area contributed by atoms with E-state index in [9.17, 15) is 4.79 Å². The lowest BCUT2D eigenvalue weighted by molar-refractivity contribution is 0.165. The second-order valence-electron chi connectivity index (χ2n) is 7.48. The summed E-state index contributed by atoms with van der Waals surface area (Å²) in [5.74, 6) is 1.56. The molecule has 1 aliphatic rings. The van der Waals surface area contributed by atoms with E-state index in [-0.39, 0.29) is 6.03 Å². The Bertz CT molecular complexity index is 931. The van der Waals surface area contributed by atoms with Gasteiger partial charge < -0.3 is 14.8 Å². The van der Waals surface area contributed by atoms with Crippen LogP contribution >= 0.6 is 11.6 Å². The number of likely N-dealkylation sites (tertiary alicyclic amines) is 1. The first-order chi connectivity index (χ1) is 14.2. The van der Waals surface area contributed by atoms with Crippen molar-refractivity contribution in [2.24, 2.45) is 5.92 Å². The monoisotopic (exact) mass is 408 g/mol. The number of nitrogens with zero attached hydrogens (tertiary/aromatic N) is 3. The van der Waals surface area contributed by atoms with Gasteiger partial charge in [0.15, 0.2) is 0 Å². The van der Waals surface area contributed by atoms with Crippen LogP contribution in [0, 0.1) is 5.92 Å². The van der Waals surface area contributed by atoms with Gasteiger partial charge in [-0.3, -0.25) is 0 Å². The molecule has 2 heterocycles. The summed E-state index contributed by atoms with van der Waals surface area (Å²) in [6, 6.07) is 17.8. The summed E-state index contributed by atoms with van der Waals surface area (Å²) in [6.07, 6.45) is 5.91. The quantitative estimate of drug-likeness (QED) is 0.657. The Hall–Kier alpha value is -2.79. The van der Waals surface area contributed by atoms with Crippen LogP contribution in [0.2, 0.25) is 5.02 Å². The van der Waals surface area contributed by atoms with Crippen LogP contribution in [0.4, 0.5) is 4.79 Å². The smallest absolute Gasteiger partial charge is 0.317 e. The number of nitrogens with one attached hydrogen (secondary N) is 1. The molecule has 1 aliphatic heterocycles. The van der Waals surface area contributed by atoms with Crippen LogP contribution in [0.3, 0.4) is 0 Å². The topological polar surface area (TPSA) is 50.2 Å². The first-order valence-electron chi connectivity index (χ1n) is 10.0. The summed E-state index contributed by atoms with van der Waals surface area (Å²) in [6.45, 7) is 3.02. The molecule has 0 bridgehead atoms. The maximum absolute atomic E-state index is 12.5. The van der Waals surface area contributed by atoms with Crippen LogP contribution in [-0.2, 0) is 13.1 Å². The molecule has 5 nitrogen and oxygen atoms in total. The summed E-state index contributed by atoms with van der Waals surface area (Å²) in [4.78, 5) is 18.9. The van der Waals surface area contributed by atoms with Crippen molar-refractivity contribution < 1.29 is 4.79 Å². The average Bonchev–Trinajstić information content (AvgIpc) is 3.22. The number of carbonyl (C=O) groups is 1. The summed E-state index contributed by atoms with van der Waals surface area (Å²) < 4.78 is 2.23. The molecule has 0 unspecified atom stereocenters. The van der Waals surface area contributed by atoms with Crippen molar-refractivity contribution in [3.05, 3.63) is 77.6 Å². The third-order valence-electron chi connectivity index (χ3n) is 5.46. The van der Waals surface area contributed by atoms with Gasteiger partial charge in [0.25, 0.3) is 0 Å². The second kappa shape index (κ2) is 9.14. The van der Waals surface area contributed by atoms with E-state index in [2.05, 4.69) is 27.0 Å². The van der Waals surface area contributed by atoms with Gasteiger partial charge in [-0.05, 0) is 36.5 Å². The third kappa shape index (κ3) is 4.98. The van der Waals surface area contributed by atoms with Gasteiger partial charge in [0.05, 0.1) is 0 Å². The van der Waals surface area contributed by atoms with Gasteiger partial charge in [-0.25, -0.2) is 9.78 Å². The van der Waals surface area contributed by atoms with E-state index in [1.54, 1.807) is 0 Å². The van der Waals surface area contributed by atoms with Crippen LogP contribution in [0.5, 0.6) is 0 Å².